The molecule has 1 aromatic carbocycles. The Morgan fingerprint density at radius 2 is 2.21 bits per heavy atom. The monoisotopic (exact) mass is 254 g/mol. The number of nitrogens with one attached hydrogen (secondary N) is 1. The molecule has 19 heavy (non-hydrogen) atoms. The quantitative estimate of drug-likeness (QED) is 0.890. The van der Waals surface area contributed by atoms with E-state index in [1.165, 1.54) is 17.7 Å². The number of anilines is 1. The third-order valence-electron chi connectivity index (χ3n) is 3.62. The Labute approximate surface area is 113 Å². The van der Waals surface area contributed by atoms with Crippen LogP contribution in [0.5, 0.6) is 5.75 Å². The van der Waals surface area contributed by atoms with Crippen molar-refractivity contribution in [3.8, 4) is 17.0 Å². The lowest BCUT2D eigenvalue weighted by molar-refractivity contribution is 0.415. The van der Waals surface area contributed by atoms with E-state index < -0.39 is 0 Å². The molecule has 0 fully saturated rings. The molecular formula is C16H18N2O. The molecule has 1 unspecified atom stereocenters. The highest BCUT2D eigenvalue weighted by atomic mass is 16.5. The number of ether oxygens (including phenoxy) is 1. The summed E-state index contributed by atoms with van der Waals surface area (Å²) in [5.74, 6) is 0.819. The van der Waals surface area contributed by atoms with Gasteiger partial charge in [0.25, 0.3) is 0 Å². The van der Waals surface area contributed by atoms with Gasteiger partial charge < -0.3 is 10.1 Å². The first kappa shape index (κ1) is 12.0. The Hall–Kier alpha value is -2.03. The lowest BCUT2D eigenvalue weighted by atomic mass is 9.96. The van der Waals surface area contributed by atoms with Crippen LogP contribution in [-0.2, 0) is 6.42 Å². The highest BCUT2D eigenvalue weighted by Crippen LogP contribution is 2.32. The maximum Gasteiger partial charge on any atom is 0.145 e. The second-order valence-electron chi connectivity index (χ2n) is 5.01. The third-order valence-corrected chi connectivity index (χ3v) is 3.62. The Bertz CT molecular complexity index is 595. The molecule has 2 aromatic rings. The third kappa shape index (κ3) is 2.28. The minimum atomic E-state index is 0.558. The van der Waals surface area contributed by atoms with E-state index in [2.05, 4.69) is 35.4 Å². The number of nitrogens with zero attached hydrogens (tertiary/aromatic N) is 1. The maximum absolute atomic E-state index is 5.38. The number of methoxy groups -OCH3 is 1. The van der Waals surface area contributed by atoms with E-state index in [0.717, 1.165) is 23.4 Å². The minimum absolute atomic E-state index is 0.558. The fourth-order valence-electron chi connectivity index (χ4n) is 2.57. The number of aryl methyl sites for hydroxylation is 1. The highest BCUT2D eigenvalue weighted by Gasteiger charge is 2.15. The van der Waals surface area contributed by atoms with Crippen LogP contribution < -0.4 is 10.1 Å². The first-order chi connectivity index (χ1) is 9.28. The molecule has 1 aliphatic heterocycles. The van der Waals surface area contributed by atoms with Crippen LogP contribution in [0.2, 0.25) is 0 Å². The van der Waals surface area contributed by atoms with Gasteiger partial charge >= 0.3 is 0 Å². The second kappa shape index (κ2) is 4.92. The molecule has 0 radical (unpaired) electrons. The topological polar surface area (TPSA) is 34.1 Å². The molecule has 2 heterocycles. The van der Waals surface area contributed by atoms with E-state index >= 15 is 0 Å². The summed E-state index contributed by atoms with van der Waals surface area (Å²) < 4.78 is 5.38. The predicted molar refractivity (Wildman–Crippen MR) is 77.6 cm³/mol. The highest BCUT2D eigenvalue weighted by molar-refractivity contribution is 5.70. The van der Waals surface area contributed by atoms with Crippen molar-refractivity contribution in [2.24, 2.45) is 0 Å². The van der Waals surface area contributed by atoms with E-state index in [4.69, 9.17) is 4.74 Å². The average Bonchev–Trinajstić information content (AvgIpc) is 2.46. The number of hydrogen-bond acceptors (Lipinski definition) is 3. The second-order valence-corrected chi connectivity index (χ2v) is 5.01. The van der Waals surface area contributed by atoms with Crippen LogP contribution in [0.15, 0.2) is 36.5 Å². The Balaban J connectivity index is 2.02. The van der Waals surface area contributed by atoms with Crippen LogP contribution >= 0.6 is 0 Å². The normalized spacial score (nSPS) is 17.5. The zero-order chi connectivity index (χ0) is 13.2. The summed E-state index contributed by atoms with van der Waals surface area (Å²) in [7, 11) is 1.68. The van der Waals surface area contributed by atoms with E-state index in [1.54, 1.807) is 13.3 Å². The molecule has 3 nitrogen and oxygen atoms in total. The van der Waals surface area contributed by atoms with E-state index in [-0.39, 0.29) is 0 Å². The number of rotatable bonds is 2. The van der Waals surface area contributed by atoms with Gasteiger partial charge in [-0.05, 0) is 49.6 Å². The van der Waals surface area contributed by atoms with Gasteiger partial charge in [-0.15, -0.1) is 0 Å². The van der Waals surface area contributed by atoms with Gasteiger partial charge in [0.05, 0.1) is 7.11 Å². The van der Waals surface area contributed by atoms with Crippen molar-refractivity contribution in [1.29, 1.82) is 0 Å². The van der Waals surface area contributed by atoms with Crippen LogP contribution in [0.3, 0.4) is 0 Å². The molecule has 1 atom stereocenters. The average molecular weight is 254 g/mol. The first-order valence-electron chi connectivity index (χ1n) is 6.67. The molecule has 0 saturated carbocycles. The number of hydrogen-bond donors (Lipinski definition) is 1. The van der Waals surface area contributed by atoms with Gasteiger partial charge in [0.1, 0.15) is 11.4 Å². The zero-order valence-electron chi connectivity index (χ0n) is 11.3. The van der Waals surface area contributed by atoms with Gasteiger partial charge in [0, 0.05) is 23.5 Å². The van der Waals surface area contributed by atoms with Gasteiger partial charge in [-0.2, -0.15) is 0 Å². The summed E-state index contributed by atoms with van der Waals surface area (Å²) in [6, 6.07) is 10.9. The van der Waals surface area contributed by atoms with Gasteiger partial charge in [-0.1, -0.05) is 6.07 Å². The molecule has 0 saturated heterocycles. The van der Waals surface area contributed by atoms with E-state index in [9.17, 15) is 0 Å². The fraction of sp³-hybridized carbons (Fsp3) is 0.312. The summed E-state index contributed by atoms with van der Waals surface area (Å²) in [5.41, 5.74) is 4.64. The van der Waals surface area contributed by atoms with Crippen LogP contribution in [0.1, 0.15) is 18.9 Å². The standard InChI is InChI=1S/C16H18N2O/c1-11-5-6-12-10-13(7-8-14(12)18-11)16-15(19-2)4-3-9-17-16/h3-4,7-11,18H,5-6H2,1-2H3. The van der Waals surface area contributed by atoms with Crippen LogP contribution in [0.4, 0.5) is 5.69 Å². The molecule has 98 valence electrons. The summed E-state index contributed by atoms with van der Waals surface area (Å²) in [6.45, 7) is 2.22. The van der Waals surface area contributed by atoms with Crippen molar-refractivity contribution in [2.45, 2.75) is 25.8 Å². The van der Waals surface area contributed by atoms with E-state index in [0.29, 0.717) is 6.04 Å². The molecule has 1 aromatic heterocycles. The van der Waals surface area contributed by atoms with Crippen LogP contribution in [-0.4, -0.2) is 18.1 Å². The lowest BCUT2D eigenvalue weighted by Crippen LogP contribution is -2.21. The summed E-state index contributed by atoms with van der Waals surface area (Å²) >= 11 is 0. The molecule has 0 amide bonds. The van der Waals surface area contributed by atoms with Crippen molar-refractivity contribution >= 4 is 5.69 Å². The Morgan fingerprint density at radius 3 is 3.05 bits per heavy atom. The van der Waals surface area contributed by atoms with Crippen molar-refractivity contribution in [3.05, 3.63) is 42.1 Å². The number of aromatic nitrogens is 1. The summed E-state index contributed by atoms with van der Waals surface area (Å²) in [4.78, 5) is 4.44. The predicted octanol–water partition coefficient (Wildman–Crippen LogP) is 3.50. The van der Waals surface area contributed by atoms with Gasteiger partial charge in [-0.3, -0.25) is 4.98 Å². The largest absolute Gasteiger partial charge is 0.494 e. The molecule has 1 aliphatic rings. The number of pyridine rings is 1. The molecule has 0 aliphatic carbocycles. The van der Waals surface area contributed by atoms with Crippen molar-refractivity contribution in [3.63, 3.8) is 0 Å². The lowest BCUT2D eigenvalue weighted by Gasteiger charge is -2.24. The Morgan fingerprint density at radius 1 is 1.32 bits per heavy atom. The zero-order valence-corrected chi connectivity index (χ0v) is 11.3. The number of fused-ring (bicyclic) bond motifs is 1. The van der Waals surface area contributed by atoms with Crippen molar-refractivity contribution in [2.75, 3.05) is 12.4 Å². The van der Waals surface area contributed by atoms with Crippen molar-refractivity contribution < 1.29 is 4.74 Å². The molecule has 3 rings (SSSR count). The summed E-state index contributed by atoms with van der Waals surface area (Å²) in [5, 5.41) is 3.52. The van der Waals surface area contributed by atoms with Crippen LogP contribution in [0.25, 0.3) is 11.3 Å². The molecule has 0 spiro atoms. The minimum Gasteiger partial charge on any atom is -0.494 e. The van der Waals surface area contributed by atoms with Gasteiger partial charge in [-0.25, -0.2) is 0 Å². The van der Waals surface area contributed by atoms with Gasteiger partial charge in [0.2, 0.25) is 0 Å². The maximum atomic E-state index is 5.38. The molecule has 0 bridgehead atoms. The smallest absolute Gasteiger partial charge is 0.145 e. The molecule has 3 heteroatoms. The molecule has 1 N–H and O–H groups in total. The van der Waals surface area contributed by atoms with Crippen molar-refractivity contribution in [1.82, 2.24) is 4.98 Å². The Kier molecular flexibility index (Phi) is 3.11. The van der Waals surface area contributed by atoms with Crippen LogP contribution in [0, 0.1) is 0 Å². The van der Waals surface area contributed by atoms with E-state index in [1.807, 2.05) is 12.1 Å². The van der Waals surface area contributed by atoms with Gasteiger partial charge in [0.15, 0.2) is 0 Å². The fourth-order valence-corrected chi connectivity index (χ4v) is 2.57. The first-order valence-corrected chi connectivity index (χ1v) is 6.67. The SMILES string of the molecule is COc1cccnc1-c1ccc2c(c1)CCC(C)N2. The number of benzene rings is 1. The summed E-state index contributed by atoms with van der Waals surface area (Å²) in [6.07, 6.45) is 4.10. The molecular weight excluding hydrogens is 236 g/mol.